The molecule has 0 amide bonds. The molecule has 0 aliphatic carbocycles. The molecule has 0 bridgehead atoms. The molecule has 19 heavy (non-hydrogen) atoms. The quantitative estimate of drug-likeness (QED) is 0.500. The van der Waals surface area contributed by atoms with E-state index in [1.165, 1.54) is 6.42 Å². The van der Waals surface area contributed by atoms with E-state index >= 15 is 0 Å². The van der Waals surface area contributed by atoms with Crippen LogP contribution in [0.1, 0.15) is 52.9 Å². The van der Waals surface area contributed by atoms with Gasteiger partial charge in [0.25, 0.3) is 0 Å². The molecule has 0 aliphatic rings. The summed E-state index contributed by atoms with van der Waals surface area (Å²) in [4.78, 5) is 18.6. The molecule has 0 aromatic carbocycles. The van der Waals surface area contributed by atoms with Crippen molar-refractivity contribution in [2.24, 2.45) is 0 Å². The molecule has 2 N–H and O–H groups in total. The molecule has 0 heterocycles. The van der Waals surface area contributed by atoms with Crippen LogP contribution in [0.5, 0.6) is 0 Å². The number of rotatable bonds is 9. The first-order valence-electron chi connectivity index (χ1n) is 6.23. The third kappa shape index (κ3) is 23.5. The number of carboxylic acid groups (broad SMARTS) is 1. The van der Waals surface area contributed by atoms with Gasteiger partial charge in [-0.1, -0.05) is 26.2 Å². The first-order valence-corrected chi connectivity index (χ1v) is 7.72. The van der Waals surface area contributed by atoms with Crippen LogP contribution in [-0.4, -0.2) is 29.2 Å². The number of unbranched alkanes of at least 4 members (excludes halogenated alkanes) is 3. The highest BCUT2D eigenvalue weighted by Crippen LogP contribution is 2.42. The van der Waals surface area contributed by atoms with Gasteiger partial charge in [0.15, 0.2) is 0 Å². The number of hydrogen-bond acceptors (Lipinski definition) is 4. The van der Waals surface area contributed by atoms with Crippen molar-refractivity contribution in [1.82, 2.24) is 0 Å². The summed E-state index contributed by atoms with van der Waals surface area (Å²) in [6.07, 6.45) is 4.55. The van der Waals surface area contributed by atoms with Gasteiger partial charge in [-0.3, -0.25) is 13.8 Å². The first-order chi connectivity index (χ1) is 8.39. The van der Waals surface area contributed by atoms with E-state index in [0.29, 0.717) is 6.42 Å². The Morgan fingerprint density at radius 2 is 1.53 bits per heavy atom. The van der Waals surface area contributed by atoms with Crippen molar-refractivity contribution in [3.05, 3.63) is 0 Å². The molecule has 8 heteroatoms. The standard InChI is InChI=1S/C7H14O2.C4H11O4P.H3P/c1-2-3-4-5-6-7(8)9;1-3-7-9(5,6)8-4-2;/h2-6H2,1H3,(H,8,9);3-4H2,1-2H3,(H,5,6);1H3. The van der Waals surface area contributed by atoms with Crippen LogP contribution in [0.25, 0.3) is 0 Å². The van der Waals surface area contributed by atoms with E-state index in [-0.39, 0.29) is 23.1 Å². The monoisotopic (exact) mass is 318 g/mol. The molecule has 1 unspecified atom stereocenters. The molecule has 0 aliphatic heterocycles. The van der Waals surface area contributed by atoms with Crippen LogP contribution < -0.4 is 0 Å². The smallest absolute Gasteiger partial charge is 0.472 e. The van der Waals surface area contributed by atoms with E-state index in [0.717, 1.165) is 19.3 Å². The van der Waals surface area contributed by atoms with E-state index < -0.39 is 13.8 Å². The maximum Gasteiger partial charge on any atom is 0.472 e. The lowest BCUT2D eigenvalue weighted by Gasteiger charge is -2.07. The first kappa shape index (κ1) is 24.1. The second kappa shape index (κ2) is 16.1. The third-order valence-corrected chi connectivity index (χ3v) is 3.00. The molecule has 6 nitrogen and oxygen atoms in total. The van der Waals surface area contributed by atoms with E-state index in [9.17, 15) is 9.36 Å². The van der Waals surface area contributed by atoms with Crippen LogP contribution in [0, 0.1) is 0 Å². The summed E-state index contributed by atoms with van der Waals surface area (Å²) in [5.41, 5.74) is 0. The molecule has 0 radical (unpaired) electrons. The average Bonchev–Trinajstić information content (AvgIpc) is 2.25. The van der Waals surface area contributed by atoms with Crippen molar-refractivity contribution in [2.45, 2.75) is 52.9 Å². The normalized spacial score (nSPS) is 10.1. The number of phosphoric acid groups is 1. The molecule has 0 aromatic rings. The summed E-state index contributed by atoms with van der Waals surface area (Å²) in [5.74, 6) is -0.675. The number of hydrogen-bond donors (Lipinski definition) is 2. The van der Waals surface area contributed by atoms with Crippen LogP contribution in [-0.2, 0) is 18.4 Å². The van der Waals surface area contributed by atoms with Gasteiger partial charge in [-0.2, -0.15) is 9.90 Å². The second-order valence-electron chi connectivity index (χ2n) is 3.51. The van der Waals surface area contributed by atoms with Gasteiger partial charge in [0.1, 0.15) is 0 Å². The zero-order chi connectivity index (χ0) is 14.4. The van der Waals surface area contributed by atoms with Crippen LogP contribution in [0.3, 0.4) is 0 Å². The van der Waals surface area contributed by atoms with Crippen LogP contribution in [0.2, 0.25) is 0 Å². The molecular weight excluding hydrogens is 290 g/mol. The Kier molecular flexibility index (Phi) is 20.3. The molecule has 0 aromatic heterocycles. The van der Waals surface area contributed by atoms with E-state index in [1.807, 2.05) is 0 Å². The second-order valence-corrected chi connectivity index (χ2v) is 4.96. The summed E-state index contributed by atoms with van der Waals surface area (Å²) in [7, 11) is -3.69. The molecule has 0 fully saturated rings. The van der Waals surface area contributed by atoms with Gasteiger partial charge in [0, 0.05) is 6.42 Å². The minimum atomic E-state index is -3.69. The van der Waals surface area contributed by atoms with Crippen LogP contribution in [0.15, 0.2) is 0 Å². The van der Waals surface area contributed by atoms with Gasteiger partial charge >= 0.3 is 13.8 Å². The van der Waals surface area contributed by atoms with Crippen molar-refractivity contribution in [2.75, 3.05) is 13.2 Å². The van der Waals surface area contributed by atoms with E-state index in [1.54, 1.807) is 13.8 Å². The highest BCUT2D eigenvalue weighted by atomic mass is 31.2. The van der Waals surface area contributed by atoms with E-state index in [4.69, 9.17) is 10.00 Å². The summed E-state index contributed by atoms with van der Waals surface area (Å²) < 4.78 is 19.2. The Hall–Kier alpha value is 0.01000. The van der Waals surface area contributed by atoms with Crippen molar-refractivity contribution < 1.29 is 28.4 Å². The van der Waals surface area contributed by atoms with Gasteiger partial charge in [-0.25, -0.2) is 4.57 Å². The Morgan fingerprint density at radius 1 is 1.05 bits per heavy atom. The van der Waals surface area contributed by atoms with Crippen molar-refractivity contribution in [1.29, 1.82) is 0 Å². The number of phosphoric ester groups is 1. The molecule has 118 valence electrons. The molecule has 0 saturated carbocycles. The lowest BCUT2D eigenvalue weighted by Crippen LogP contribution is -1.93. The summed E-state index contributed by atoms with van der Waals surface area (Å²) >= 11 is 0. The zero-order valence-corrected chi connectivity index (χ0v) is 14.4. The number of aliphatic carboxylic acids is 1. The average molecular weight is 318 g/mol. The summed E-state index contributed by atoms with van der Waals surface area (Å²) in [6, 6.07) is 0. The highest BCUT2D eigenvalue weighted by molar-refractivity contribution is 7.47. The fourth-order valence-electron chi connectivity index (χ4n) is 1.07. The fourth-order valence-corrected chi connectivity index (χ4v) is 1.79. The molecule has 0 spiro atoms. The fraction of sp³-hybridized carbons (Fsp3) is 0.909. The molecule has 0 rings (SSSR count). The summed E-state index contributed by atoms with van der Waals surface area (Å²) in [5, 5.41) is 8.21. The lowest BCUT2D eigenvalue weighted by atomic mass is 10.2. The summed E-state index contributed by atoms with van der Waals surface area (Å²) in [6.45, 7) is 5.74. The van der Waals surface area contributed by atoms with Crippen molar-refractivity contribution in [3.63, 3.8) is 0 Å². The van der Waals surface area contributed by atoms with Crippen molar-refractivity contribution in [3.8, 4) is 0 Å². The van der Waals surface area contributed by atoms with Crippen LogP contribution >= 0.6 is 17.7 Å². The highest BCUT2D eigenvalue weighted by Gasteiger charge is 2.17. The largest absolute Gasteiger partial charge is 0.481 e. The van der Waals surface area contributed by atoms with Crippen molar-refractivity contribution >= 4 is 23.7 Å². The Labute approximate surface area is 119 Å². The SMILES string of the molecule is CCCCCCC(=O)O.CCOP(=O)(O)OCC.P. The minimum Gasteiger partial charge on any atom is -0.481 e. The van der Waals surface area contributed by atoms with Gasteiger partial charge in [-0.05, 0) is 20.3 Å². The lowest BCUT2D eigenvalue weighted by molar-refractivity contribution is -0.137. The Bertz CT molecular complexity index is 237. The van der Waals surface area contributed by atoms with Gasteiger partial charge in [0.2, 0.25) is 0 Å². The van der Waals surface area contributed by atoms with Crippen LogP contribution in [0.4, 0.5) is 0 Å². The molecule has 0 saturated heterocycles. The predicted octanol–water partition coefficient (Wildman–Crippen LogP) is 3.26. The number of carbonyl (C=O) groups is 1. The Morgan fingerprint density at radius 3 is 1.84 bits per heavy atom. The Balaban J connectivity index is -0.000000256. The molecule has 1 atom stereocenters. The molecular formula is C11H28O6P2. The zero-order valence-electron chi connectivity index (χ0n) is 12.1. The number of carboxylic acids is 1. The van der Waals surface area contributed by atoms with Gasteiger partial charge in [-0.15, -0.1) is 0 Å². The topological polar surface area (TPSA) is 93.1 Å². The maximum absolute atomic E-state index is 10.5. The maximum atomic E-state index is 10.5. The third-order valence-electron chi connectivity index (χ3n) is 1.83. The minimum absolute atomic E-state index is 0. The van der Waals surface area contributed by atoms with E-state index in [2.05, 4.69) is 16.0 Å². The van der Waals surface area contributed by atoms with Gasteiger partial charge < -0.3 is 10.00 Å². The predicted molar refractivity (Wildman–Crippen MR) is 80.6 cm³/mol. The van der Waals surface area contributed by atoms with Gasteiger partial charge in [0.05, 0.1) is 13.2 Å².